The van der Waals surface area contributed by atoms with Crippen LogP contribution in [0.1, 0.15) is 17.8 Å². The van der Waals surface area contributed by atoms with Gasteiger partial charge in [0.25, 0.3) is 0 Å². The first-order chi connectivity index (χ1) is 13.7. The van der Waals surface area contributed by atoms with Crippen LogP contribution in [0, 0.1) is 0 Å². The summed E-state index contributed by atoms with van der Waals surface area (Å²) in [6.45, 7) is -1.86. The van der Waals surface area contributed by atoms with E-state index >= 15 is 0 Å². The van der Waals surface area contributed by atoms with E-state index in [0.717, 1.165) is 24.3 Å². The Kier molecular flexibility index (Phi) is 9.03. The van der Waals surface area contributed by atoms with E-state index in [4.69, 9.17) is 0 Å². The highest BCUT2D eigenvalue weighted by Gasteiger charge is 2.09. The third-order valence-electron chi connectivity index (χ3n) is 4.11. The number of fused-ring (bicyclic) bond motifs is 1. The second-order valence-corrected chi connectivity index (χ2v) is 5.99. The van der Waals surface area contributed by atoms with Gasteiger partial charge in [0.15, 0.2) is 11.6 Å². The number of aliphatic imine (C=N–C) groups is 1. The highest BCUT2D eigenvalue weighted by atomic mass is 127. The first-order valence-electron chi connectivity index (χ1n) is 8.93. The lowest BCUT2D eigenvalue weighted by Gasteiger charge is -2.14. The highest BCUT2D eigenvalue weighted by molar-refractivity contribution is 14.0. The van der Waals surface area contributed by atoms with Crippen LogP contribution in [0.15, 0.2) is 53.7 Å². The van der Waals surface area contributed by atoms with Gasteiger partial charge in [0.05, 0.1) is 0 Å². The molecule has 0 bridgehead atoms. The van der Waals surface area contributed by atoms with Gasteiger partial charge in [-0.2, -0.15) is 8.78 Å². The Morgan fingerprint density at radius 3 is 2.72 bits per heavy atom. The smallest absolute Gasteiger partial charge is 0.387 e. The normalized spacial score (nSPS) is 11.4. The van der Waals surface area contributed by atoms with E-state index in [1.807, 2.05) is 28.8 Å². The molecule has 0 aliphatic heterocycles. The van der Waals surface area contributed by atoms with E-state index < -0.39 is 6.61 Å². The number of alkyl halides is 2. The summed E-state index contributed by atoms with van der Waals surface area (Å²) < 4.78 is 31.5. The van der Waals surface area contributed by atoms with Gasteiger partial charge < -0.3 is 15.4 Å². The first-order valence-corrected chi connectivity index (χ1v) is 8.93. The number of hydrogen-bond acceptors (Lipinski definition) is 4. The SMILES string of the molecule is CN=C(NCCCc1nnc2ccccn12)NCc1ccccc1OC(F)F.I. The molecule has 0 atom stereocenters. The number of aromatic nitrogens is 3. The summed E-state index contributed by atoms with van der Waals surface area (Å²) >= 11 is 0. The van der Waals surface area contributed by atoms with Gasteiger partial charge in [0.2, 0.25) is 0 Å². The first kappa shape index (κ1) is 22.8. The van der Waals surface area contributed by atoms with Crippen molar-refractivity contribution in [1.82, 2.24) is 25.2 Å². The van der Waals surface area contributed by atoms with E-state index in [2.05, 4.69) is 30.6 Å². The van der Waals surface area contributed by atoms with Gasteiger partial charge >= 0.3 is 6.61 Å². The molecule has 0 spiro atoms. The lowest BCUT2D eigenvalue weighted by molar-refractivity contribution is -0.0504. The van der Waals surface area contributed by atoms with Crippen LogP contribution in [-0.4, -0.2) is 40.8 Å². The zero-order chi connectivity index (χ0) is 19.8. The molecule has 1 aromatic carbocycles. The molecule has 3 aromatic rings. The minimum absolute atomic E-state index is 0. The average Bonchev–Trinajstić information content (AvgIpc) is 3.11. The summed E-state index contributed by atoms with van der Waals surface area (Å²) in [4.78, 5) is 4.15. The van der Waals surface area contributed by atoms with Crippen molar-refractivity contribution >= 4 is 35.6 Å². The van der Waals surface area contributed by atoms with Gasteiger partial charge in [-0.05, 0) is 24.6 Å². The maximum absolute atomic E-state index is 12.5. The molecule has 0 amide bonds. The largest absolute Gasteiger partial charge is 0.434 e. The average molecular weight is 516 g/mol. The topological polar surface area (TPSA) is 75.8 Å². The van der Waals surface area contributed by atoms with Crippen molar-refractivity contribution in [2.75, 3.05) is 13.6 Å². The number of halogens is 3. The van der Waals surface area contributed by atoms with Gasteiger partial charge in [-0.3, -0.25) is 9.39 Å². The molecule has 0 saturated carbocycles. The quantitative estimate of drug-likeness (QED) is 0.208. The number of rotatable bonds is 8. The molecule has 0 unspecified atom stereocenters. The molecule has 0 fully saturated rings. The monoisotopic (exact) mass is 516 g/mol. The molecule has 0 radical (unpaired) electrons. The standard InChI is InChI=1S/C19H22F2N6O.HI/c1-22-19(24-13-14-7-2-3-8-15(14)28-18(20)21)23-11-6-10-17-26-25-16-9-4-5-12-27(16)17;/h2-5,7-9,12,18H,6,10-11,13H2,1H3,(H2,22,23,24);1H. The van der Waals surface area contributed by atoms with Gasteiger partial charge in [0, 0.05) is 38.3 Å². The fraction of sp³-hybridized carbons (Fsp3) is 0.316. The number of aryl methyl sites for hydroxylation is 1. The van der Waals surface area contributed by atoms with Crippen LogP contribution >= 0.6 is 24.0 Å². The molecule has 10 heteroatoms. The van der Waals surface area contributed by atoms with Crippen molar-refractivity contribution in [3.63, 3.8) is 0 Å². The Morgan fingerprint density at radius 1 is 1.14 bits per heavy atom. The van der Waals surface area contributed by atoms with Crippen molar-refractivity contribution in [3.05, 3.63) is 60.0 Å². The minimum Gasteiger partial charge on any atom is -0.434 e. The Balaban J connectivity index is 0.00000300. The number of hydrogen-bond donors (Lipinski definition) is 2. The molecule has 7 nitrogen and oxygen atoms in total. The Morgan fingerprint density at radius 2 is 1.93 bits per heavy atom. The van der Waals surface area contributed by atoms with Crippen LogP contribution in [0.5, 0.6) is 5.75 Å². The number of para-hydroxylation sites is 1. The van der Waals surface area contributed by atoms with Crippen molar-refractivity contribution in [3.8, 4) is 5.75 Å². The molecule has 2 heterocycles. The van der Waals surface area contributed by atoms with Crippen molar-refractivity contribution in [2.45, 2.75) is 26.0 Å². The van der Waals surface area contributed by atoms with Crippen LogP contribution in [-0.2, 0) is 13.0 Å². The molecule has 2 aromatic heterocycles. The van der Waals surface area contributed by atoms with E-state index in [1.54, 1.807) is 25.2 Å². The zero-order valence-electron chi connectivity index (χ0n) is 15.9. The molecule has 0 aliphatic rings. The van der Waals surface area contributed by atoms with Crippen LogP contribution < -0.4 is 15.4 Å². The third-order valence-corrected chi connectivity index (χ3v) is 4.11. The van der Waals surface area contributed by atoms with E-state index in [0.29, 0.717) is 24.6 Å². The van der Waals surface area contributed by atoms with E-state index in [-0.39, 0.29) is 29.7 Å². The fourth-order valence-corrected chi connectivity index (χ4v) is 2.78. The van der Waals surface area contributed by atoms with Gasteiger partial charge in [-0.25, -0.2) is 0 Å². The summed E-state index contributed by atoms with van der Waals surface area (Å²) in [6, 6.07) is 12.5. The number of ether oxygens (including phenoxy) is 1. The minimum atomic E-state index is -2.85. The summed E-state index contributed by atoms with van der Waals surface area (Å²) in [5.41, 5.74) is 1.45. The molecule has 2 N–H and O–H groups in total. The molecule has 0 aliphatic carbocycles. The summed E-state index contributed by atoms with van der Waals surface area (Å²) in [5.74, 6) is 1.63. The molecule has 0 saturated heterocycles. The highest BCUT2D eigenvalue weighted by Crippen LogP contribution is 2.19. The van der Waals surface area contributed by atoms with Crippen molar-refractivity contribution in [2.24, 2.45) is 4.99 Å². The summed E-state index contributed by atoms with van der Waals surface area (Å²) in [7, 11) is 1.66. The third kappa shape index (κ3) is 6.51. The van der Waals surface area contributed by atoms with Crippen molar-refractivity contribution in [1.29, 1.82) is 0 Å². The Hall–Kier alpha value is -2.50. The van der Waals surface area contributed by atoms with Gasteiger partial charge in [-0.15, -0.1) is 34.2 Å². The fourth-order valence-electron chi connectivity index (χ4n) is 2.78. The lowest BCUT2D eigenvalue weighted by atomic mass is 10.2. The lowest BCUT2D eigenvalue weighted by Crippen LogP contribution is -2.37. The summed E-state index contributed by atoms with van der Waals surface area (Å²) in [5, 5.41) is 14.6. The van der Waals surface area contributed by atoms with Gasteiger partial charge in [0.1, 0.15) is 11.6 Å². The number of benzene rings is 1. The zero-order valence-corrected chi connectivity index (χ0v) is 18.2. The van der Waals surface area contributed by atoms with E-state index in [9.17, 15) is 8.78 Å². The van der Waals surface area contributed by atoms with Crippen LogP contribution in [0.3, 0.4) is 0 Å². The van der Waals surface area contributed by atoms with Crippen LogP contribution in [0.2, 0.25) is 0 Å². The van der Waals surface area contributed by atoms with Gasteiger partial charge in [-0.1, -0.05) is 24.3 Å². The number of nitrogens with zero attached hydrogens (tertiary/aromatic N) is 4. The Labute approximate surface area is 184 Å². The number of guanidine groups is 1. The van der Waals surface area contributed by atoms with E-state index in [1.165, 1.54) is 6.07 Å². The maximum atomic E-state index is 12.5. The molecule has 156 valence electrons. The maximum Gasteiger partial charge on any atom is 0.387 e. The molecule has 3 rings (SSSR count). The predicted molar refractivity (Wildman–Crippen MR) is 118 cm³/mol. The van der Waals surface area contributed by atoms with Crippen molar-refractivity contribution < 1.29 is 13.5 Å². The van der Waals surface area contributed by atoms with Crippen LogP contribution in [0.4, 0.5) is 8.78 Å². The second-order valence-electron chi connectivity index (χ2n) is 5.99. The number of pyridine rings is 1. The second kappa shape index (κ2) is 11.5. The molecular weight excluding hydrogens is 493 g/mol. The molecule has 29 heavy (non-hydrogen) atoms. The molecular formula is C19H23F2IN6O. The predicted octanol–water partition coefficient (Wildman–Crippen LogP) is 3.25. The van der Waals surface area contributed by atoms with Crippen LogP contribution in [0.25, 0.3) is 5.65 Å². The summed E-state index contributed by atoms with van der Waals surface area (Å²) in [6.07, 6.45) is 3.54. The number of nitrogens with one attached hydrogen (secondary N) is 2. The Bertz CT molecular complexity index is 934.